The van der Waals surface area contributed by atoms with Crippen molar-refractivity contribution < 1.29 is 14.6 Å². The molecular formula is C13H23NO3. The Labute approximate surface area is 103 Å². The smallest absolute Gasteiger partial charge is 0.309 e. The Morgan fingerprint density at radius 3 is 2.47 bits per heavy atom. The van der Waals surface area contributed by atoms with E-state index in [4.69, 9.17) is 4.74 Å². The van der Waals surface area contributed by atoms with Gasteiger partial charge in [0.05, 0.1) is 17.1 Å². The molecule has 98 valence electrons. The van der Waals surface area contributed by atoms with Crippen LogP contribution in [-0.2, 0) is 9.53 Å². The summed E-state index contributed by atoms with van der Waals surface area (Å²) in [6.07, 6.45) is 4.28. The molecule has 2 heterocycles. The fourth-order valence-corrected chi connectivity index (χ4v) is 3.07. The molecule has 2 aliphatic rings. The van der Waals surface area contributed by atoms with E-state index in [1.54, 1.807) is 0 Å². The zero-order chi connectivity index (χ0) is 12.5. The Morgan fingerprint density at radius 2 is 2.00 bits per heavy atom. The van der Waals surface area contributed by atoms with Gasteiger partial charge in [0.15, 0.2) is 0 Å². The van der Waals surface area contributed by atoms with Crippen LogP contribution in [0.5, 0.6) is 0 Å². The van der Waals surface area contributed by atoms with Crippen molar-refractivity contribution >= 4 is 5.97 Å². The highest BCUT2D eigenvalue weighted by Crippen LogP contribution is 2.40. The zero-order valence-electron chi connectivity index (χ0n) is 10.8. The maximum absolute atomic E-state index is 11.5. The fraction of sp³-hybridized carbons (Fsp3) is 0.923. The molecule has 0 saturated carbocycles. The van der Waals surface area contributed by atoms with Gasteiger partial charge < -0.3 is 15.2 Å². The molecule has 0 radical (unpaired) electrons. The van der Waals surface area contributed by atoms with Gasteiger partial charge >= 0.3 is 5.97 Å². The summed E-state index contributed by atoms with van der Waals surface area (Å²) >= 11 is 0. The van der Waals surface area contributed by atoms with Crippen LogP contribution in [0.3, 0.4) is 0 Å². The molecule has 2 N–H and O–H groups in total. The van der Waals surface area contributed by atoms with Gasteiger partial charge in [-0.2, -0.15) is 0 Å². The monoisotopic (exact) mass is 241 g/mol. The minimum absolute atomic E-state index is 0.0721. The lowest BCUT2D eigenvalue weighted by Crippen LogP contribution is -2.44. The number of piperidine rings is 1. The second-order valence-corrected chi connectivity index (χ2v) is 6.08. The van der Waals surface area contributed by atoms with Gasteiger partial charge in [-0.05, 0) is 59.0 Å². The zero-order valence-corrected chi connectivity index (χ0v) is 10.8. The van der Waals surface area contributed by atoms with Crippen molar-refractivity contribution in [3.05, 3.63) is 0 Å². The predicted octanol–water partition coefficient (Wildman–Crippen LogP) is 1.79. The lowest BCUT2D eigenvalue weighted by molar-refractivity contribution is -0.154. The number of hydrogen-bond acceptors (Lipinski definition) is 3. The highest BCUT2D eigenvalue weighted by atomic mass is 16.5. The average Bonchev–Trinajstić information content (AvgIpc) is 2.59. The average molecular weight is 241 g/mol. The number of ether oxygens (including phenoxy) is 1. The van der Waals surface area contributed by atoms with Crippen LogP contribution in [0.25, 0.3) is 0 Å². The van der Waals surface area contributed by atoms with Gasteiger partial charge in [-0.15, -0.1) is 0 Å². The van der Waals surface area contributed by atoms with E-state index in [2.05, 4.69) is 19.2 Å². The van der Waals surface area contributed by atoms with Crippen molar-refractivity contribution in [1.29, 1.82) is 0 Å². The largest absolute Gasteiger partial charge is 0.481 e. The molecule has 0 amide bonds. The SMILES string of the molecule is CC1(C)CCC(CC2(C(=O)O)CCNCC2)O1. The van der Waals surface area contributed by atoms with Crippen LogP contribution in [0.2, 0.25) is 0 Å². The summed E-state index contributed by atoms with van der Waals surface area (Å²) in [7, 11) is 0. The van der Waals surface area contributed by atoms with Crippen LogP contribution in [0.15, 0.2) is 0 Å². The number of carbonyl (C=O) groups is 1. The minimum Gasteiger partial charge on any atom is -0.481 e. The van der Waals surface area contributed by atoms with Crippen molar-refractivity contribution in [3.63, 3.8) is 0 Å². The normalized spacial score (nSPS) is 31.3. The molecule has 4 heteroatoms. The summed E-state index contributed by atoms with van der Waals surface area (Å²) in [5, 5.41) is 12.7. The van der Waals surface area contributed by atoms with Gasteiger partial charge in [0.2, 0.25) is 0 Å². The van der Waals surface area contributed by atoms with Gasteiger partial charge in [0.25, 0.3) is 0 Å². The molecule has 0 aromatic rings. The third-order valence-corrected chi connectivity index (χ3v) is 4.19. The number of carboxylic acid groups (broad SMARTS) is 1. The Morgan fingerprint density at radius 1 is 1.35 bits per heavy atom. The molecule has 0 aromatic carbocycles. The second kappa shape index (κ2) is 4.58. The maximum Gasteiger partial charge on any atom is 0.309 e. The molecule has 4 nitrogen and oxygen atoms in total. The first kappa shape index (κ1) is 12.8. The first-order chi connectivity index (χ1) is 7.94. The number of nitrogens with one attached hydrogen (secondary N) is 1. The van der Waals surface area contributed by atoms with Crippen LogP contribution in [0.4, 0.5) is 0 Å². The van der Waals surface area contributed by atoms with Crippen molar-refractivity contribution in [3.8, 4) is 0 Å². The standard InChI is InChI=1S/C13H23NO3/c1-12(2)4-3-10(17-12)9-13(11(15)16)5-7-14-8-6-13/h10,14H,3-9H2,1-2H3,(H,15,16). The van der Waals surface area contributed by atoms with E-state index in [1.807, 2.05) is 0 Å². The predicted molar refractivity (Wildman–Crippen MR) is 65.0 cm³/mol. The van der Waals surface area contributed by atoms with Crippen LogP contribution in [0, 0.1) is 5.41 Å². The molecule has 0 aromatic heterocycles. The summed E-state index contributed by atoms with van der Waals surface area (Å²) in [5.41, 5.74) is -0.631. The van der Waals surface area contributed by atoms with Gasteiger partial charge in [0, 0.05) is 0 Å². The summed E-state index contributed by atoms with van der Waals surface area (Å²) in [6.45, 7) is 5.79. The first-order valence-electron chi connectivity index (χ1n) is 6.56. The number of rotatable bonds is 3. The van der Waals surface area contributed by atoms with Gasteiger partial charge in [0.1, 0.15) is 0 Å². The summed E-state index contributed by atoms with van der Waals surface area (Å²) in [6, 6.07) is 0. The van der Waals surface area contributed by atoms with E-state index in [9.17, 15) is 9.90 Å². The number of aliphatic carboxylic acids is 1. The number of hydrogen-bond donors (Lipinski definition) is 2. The molecule has 2 saturated heterocycles. The Bertz CT molecular complexity index is 295. The number of carboxylic acids is 1. The Balaban J connectivity index is 2.01. The van der Waals surface area contributed by atoms with E-state index in [-0.39, 0.29) is 11.7 Å². The minimum atomic E-state index is -0.646. The molecule has 2 aliphatic heterocycles. The summed E-state index contributed by atoms with van der Waals surface area (Å²) < 4.78 is 5.94. The van der Waals surface area contributed by atoms with Crippen LogP contribution in [-0.4, -0.2) is 35.9 Å². The van der Waals surface area contributed by atoms with Crippen molar-refractivity contribution in [2.75, 3.05) is 13.1 Å². The highest BCUT2D eigenvalue weighted by molar-refractivity contribution is 5.74. The van der Waals surface area contributed by atoms with Crippen LogP contribution in [0.1, 0.15) is 46.0 Å². The maximum atomic E-state index is 11.5. The van der Waals surface area contributed by atoms with Crippen molar-refractivity contribution in [2.45, 2.75) is 57.7 Å². The molecule has 2 fully saturated rings. The molecule has 1 unspecified atom stereocenters. The topological polar surface area (TPSA) is 58.6 Å². The van der Waals surface area contributed by atoms with E-state index in [0.29, 0.717) is 6.42 Å². The van der Waals surface area contributed by atoms with E-state index in [1.165, 1.54) is 0 Å². The van der Waals surface area contributed by atoms with Gasteiger partial charge in [-0.3, -0.25) is 4.79 Å². The highest BCUT2D eigenvalue weighted by Gasteiger charge is 2.44. The van der Waals surface area contributed by atoms with Crippen LogP contribution < -0.4 is 5.32 Å². The molecule has 2 rings (SSSR count). The Kier molecular flexibility index (Phi) is 3.46. The quantitative estimate of drug-likeness (QED) is 0.791. The Hall–Kier alpha value is -0.610. The van der Waals surface area contributed by atoms with Gasteiger partial charge in [-0.25, -0.2) is 0 Å². The van der Waals surface area contributed by atoms with Crippen LogP contribution >= 0.6 is 0 Å². The van der Waals surface area contributed by atoms with Gasteiger partial charge in [-0.1, -0.05) is 0 Å². The summed E-state index contributed by atoms with van der Waals surface area (Å²) in [4.78, 5) is 11.5. The van der Waals surface area contributed by atoms with E-state index in [0.717, 1.165) is 38.8 Å². The van der Waals surface area contributed by atoms with E-state index < -0.39 is 11.4 Å². The first-order valence-corrected chi connectivity index (χ1v) is 6.56. The fourth-order valence-electron chi connectivity index (χ4n) is 3.07. The molecule has 0 aliphatic carbocycles. The van der Waals surface area contributed by atoms with Crippen molar-refractivity contribution in [2.24, 2.45) is 5.41 Å². The van der Waals surface area contributed by atoms with Crippen molar-refractivity contribution in [1.82, 2.24) is 5.32 Å². The lowest BCUT2D eigenvalue weighted by Gasteiger charge is -2.35. The van der Waals surface area contributed by atoms with E-state index >= 15 is 0 Å². The third-order valence-electron chi connectivity index (χ3n) is 4.19. The molecule has 17 heavy (non-hydrogen) atoms. The molecule has 1 atom stereocenters. The molecule has 0 spiro atoms. The lowest BCUT2D eigenvalue weighted by atomic mass is 9.74. The molecular weight excluding hydrogens is 218 g/mol. The third kappa shape index (κ3) is 2.80. The summed E-state index contributed by atoms with van der Waals surface area (Å²) in [5.74, 6) is -0.646. The molecule has 0 bridgehead atoms. The second-order valence-electron chi connectivity index (χ2n) is 6.08.